The maximum atomic E-state index is 12.7. The van der Waals surface area contributed by atoms with Crippen molar-refractivity contribution < 1.29 is 27.8 Å². The van der Waals surface area contributed by atoms with Crippen LogP contribution in [0.5, 0.6) is 0 Å². The van der Waals surface area contributed by atoms with Gasteiger partial charge in [0.05, 0.1) is 13.0 Å². The Hall–Kier alpha value is -0.820. The lowest BCUT2D eigenvalue weighted by molar-refractivity contribution is -0.191. The Morgan fingerprint density at radius 2 is 2.00 bits per heavy atom. The molecular formula is C10H18F3NO3. The number of hydrogen-bond acceptors (Lipinski definition) is 3. The van der Waals surface area contributed by atoms with Gasteiger partial charge in [0.1, 0.15) is 6.04 Å². The number of ether oxygens (including phenoxy) is 1. The molecule has 0 aliphatic carbocycles. The van der Waals surface area contributed by atoms with Gasteiger partial charge in [-0.1, -0.05) is 6.92 Å². The molecule has 0 heterocycles. The smallest absolute Gasteiger partial charge is 0.404 e. The standard InChI is InChI=1S/C10H18F3NO3/c1-3-14(5-6-17-4-2)8(7-9(15)16)10(11,12)13/h8H,3-7H2,1-2H3,(H,15,16). The molecule has 0 radical (unpaired) electrons. The van der Waals surface area contributed by atoms with Crippen molar-refractivity contribution in [3.63, 3.8) is 0 Å². The summed E-state index contributed by atoms with van der Waals surface area (Å²) in [6.45, 7) is 4.09. The van der Waals surface area contributed by atoms with Gasteiger partial charge >= 0.3 is 12.1 Å². The average Bonchev–Trinajstić information content (AvgIpc) is 2.20. The Kier molecular flexibility index (Phi) is 7.13. The molecule has 0 spiro atoms. The lowest BCUT2D eigenvalue weighted by atomic mass is 10.1. The fourth-order valence-electron chi connectivity index (χ4n) is 1.48. The first-order valence-electron chi connectivity index (χ1n) is 5.43. The molecule has 1 N–H and O–H groups in total. The molecule has 0 aliphatic rings. The van der Waals surface area contributed by atoms with E-state index >= 15 is 0 Å². The highest BCUT2D eigenvalue weighted by molar-refractivity contribution is 5.67. The summed E-state index contributed by atoms with van der Waals surface area (Å²) in [5.41, 5.74) is 0. The fraction of sp³-hybridized carbons (Fsp3) is 0.900. The second-order valence-corrected chi connectivity index (χ2v) is 3.48. The molecule has 7 heteroatoms. The normalized spacial score (nSPS) is 14.0. The van der Waals surface area contributed by atoms with Gasteiger partial charge in [0, 0.05) is 13.2 Å². The Bertz CT molecular complexity index is 233. The van der Waals surface area contributed by atoms with Gasteiger partial charge in [0.25, 0.3) is 0 Å². The average molecular weight is 257 g/mol. The molecule has 0 saturated heterocycles. The molecule has 0 rings (SSSR count). The molecule has 4 nitrogen and oxygen atoms in total. The third kappa shape index (κ3) is 6.48. The number of nitrogens with zero attached hydrogens (tertiary/aromatic N) is 1. The van der Waals surface area contributed by atoms with Crippen LogP contribution in [0.15, 0.2) is 0 Å². The zero-order chi connectivity index (χ0) is 13.5. The summed E-state index contributed by atoms with van der Waals surface area (Å²) in [5.74, 6) is -1.46. The molecule has 1 unspecified atom stereocenters. The van der Waals surface area contributed by atoms with Crippen molar-refractivity contribution in [2.75, 3.05) is 26.3 Å². The number of carboxylic acid groups (broad SMARTS) is 1. The summed E-state index contributed by atoms with van der Waals surface area (Å²) in [6, 6.07) is -1.95. The minimum atomic E-state index is -4.54. The quantitative estimate of drug-likeness (QED) is 0.673. The zero-order valence-corrected chi connectivity index (χ0v) is 9.96. The summed E-state index contributed by atoms with van der Waals surface area (Å²) < 4.78 is 43.0. The third-order valence-corrected chi connectivity index (χ3v) is 2.32. The van der Waals surface area contributed by atoms with E-state index in [0.717, 1.165) is 4.90 Å². The molecule has 0 saturated carbocycles. The van der Waals surface area contributed by atoms with Crippen molar-refractivity contribution in [2.24, 2.45) is 0 Å². The van der Waals surface area contributed by atoms with Crippen LogP contribution >= 0.6 is 0 Å². The van der Waals surface area contributed by atoms with Gasteiger partial charge in [-0.3, -0.25) is 9.69 Å². The van der Waals surface area contributed by atoms with E-state index in [-0.39, 0.29) is 19.7 Å². The molecule has 0 aromatic carbocycles. The first-order chi connectivity index (χ1) is 7.82. The van der Waals surface area contributed by atoms with E-state index in [4.69, 9.17) is 9.84 Å². The van der Waals surface area contributed by atoms with Crippen LogP contribution in [0.25, 0.3) is 0 Å². The second kappa shape index (κ2) is 7.50. The summed E-state index contributed by atoms with van der Waals surface area (Å²) >= 11 is 0. The maximum absolute atomic E-state index is 12.7. The molecular weight excluding hydrogens is 239 g/mol. The van der Waals surface area contributed by atoms with Crippen LogP contribution in [0.2, 0.25) is 0 Å². The van der Waals surface area contributed by atoms with Crippen molar-refractivity contribution in [1.29, 1.82) is 0 Å². The molecule has 102 valence electrons. The van der Waals surface area contributed by atoms with Crippen molar-refractivity contribution in [1.82, 2.24) is 4.90 Å². The predicted molar refractivity (Wildman–Crippen MR) is 55.8 cm³/mol. The number of rotatable bonds is 8. The third-order valence-electron chi connectivity index (χ3n) is 2.32. The number of carboxylic acids is 1. The first kappa shape index (κ1) is 16.2. The highest BCUT2D eigenvalue weighted by Crippen LogP contribution is 2.27. The number of carbonyl (C=O) groups is 1. The van der Waals surface area contributed by atoms with Gasteiger partial charge in [0.2, 0.25) is 0 Å². The topological polar surface area (TPSA) is 49.8 Å². The van der Waals surface area contributed by atoms with Gasteiger partial charge < -0.3 is 9.84 Å². The maximum Gasteiger partial charge on any atom is 0.404 e. The molecule has 0 aliphatic heterocycles. The summed E-state index contributed by atoms with van der Waals surface area (Å²) in [7, 11) is 0. The van der Waals surface area contributed by atoms with E-state index in [1.54, 1.807) is 13.8 Å². The Labute approximate surface area is 98.3 Å². The number of hydrogen-bond donors (Lipinski definition) is 1. The van der Waals surface area contributed by atoms with Gasteiger partial charge in [-0.25, -0.2) is 0 Å². The highest BCUT2D eigenvalue weighted by atomic mass is 19.4. The van der Waals surface area contributed by atoms with E-state index in [0.29, 0.717) is 6.61 Å². The number of aliphatic carboxylic acids is 1. The number of halogens is 3. The molecule has 17 heavy (non-hydrogen) atoms. The summed E-state index contributed by atoms with van der Waals surface area (Å²) in [5, 5.41) is 8.51. The SMILES string of the molecule is CCOCCN(CC)C(CC(=O)O)C(F)(F)F. The van der Waals surface area contributed by atoms with Crippen molar-refractivity contribution in [3.05, 3.63) is 0 Å². The van der Waals surface area contributed by atoms with Crippen LogP contribution in [-0.4, -0.2) is 54.5 Å². The van der Waals surface area contributed by atoms with Gasteiger partial charge in [0.15, 0.2) is 0 Å². The van der Waals surface area contributed by atoms with E-state index in [1.165, 1.54) is 0 Å². The second-order valence-electron chi connectivity index (χ2n) is 3.48. The predicted octanol–water partition coefficient (Wildman–Crippen LogP) is 1.75. The zero-order valence-electron chi connectivity index (χ0n) is 9.96. The largest absolute Gasteiger partial charge is 0.481 e. The minimum Gasteiger partial charge on any atom is -0.481 e. The summed E-state index contributed by atoms with van der Waals surface area (Å²) in [6.07, 6.45) is -5.48. The van der Waals surface area contributed by atoms with Crippen LogP contribution in [0.1, 0.15) is 20.3 Å². The van der Waals surface area contributed by atoms with Crippen LogP contribution in [0, 0.1) is 0 Å². The van der Waals surface area contributed by atoms with Gasteiger partial charge in [-0.05, 0) is 13.5 Å². The molecule has 0 amide bonds. The lowest BCUT2D eigenvalue weighted by Crippen LogP contribution is -2.48. The monoisotopic (exact) mass is 257 g/mol. The van der Waals surface area contributed by atoms with E-state index in [9.17, 15) is 18.0 Å². The molecule has 1 atom stereocenters. The fourth-order valence-corrected chi connectivity index (χ4v) is 1.48. The Morgan fingerprint density at radius 1 is 1.41 bits per heavy atom. The molecule has 0 aromatic rings. The Balaban J connectivity index is 4.55. The van der Waals surface area contributed by atoms with Crippen LogP contribution in [-0.2, 0) is 9.53 Å². The molecule has 0 fully saturated rings. The first-order valence-corrected chi connectivity index (χ1v) is 5.43. The number of likely N-dealkylation sites (N-methyl/N-ethyl adjacent to an activating group) is 1. The lowest BCUT2D eigenvalue weighted by Gasteiger charge is -2.31. The molecule has 0 bridgehead atoms. The molecule has 0 aromatic heterocycles. The van der Waals surface area contributed by atoms with Crippen molar-refractivity contribution in [3.8, 4) is 0 Å². The van der Waals surface area contributed by atoms with Gasteiger partial charge in [-0.2, -0.15) is 13.2 Å². The van der Waals surface area contributed by atoms with E-state index in [2.05, 4.69) is 0 Å². The van der Waals surface area contributed by atoms with Crippen LogP contribution < -0.4 is 0 Å². The van der Waals surface area contributed by atoms with E-state index < -0.39 is 24.6 Å². The minimum absolute atomic E-state index is 0.0712. The number of alkyl halides is 3. The van der Waals surface area contributed by atoms with Crippen molar-refractivity contribution >= 4 is 5.97 Å². The van der Waals surface area contributed by atoms with Crippen LogP contribution in [0.4, 0.5) is 13.2 Å². The van der Waals surface area contributed by atoms with Crippen LogP contribution in [0.3, 0.4) is 0 Å². The highest BCUT2D eigenvalue weighted by Gasteiger charge is 2.44. The Morgan fingerprint density at radius 3 is 2.35 bits per heavy atom. The van der Waals surface area contributed by atoms with Gasteiger partial charge in [-0.15, -0.1) is 0 Å². The van der Waals surface area contributed by atoms with E-state index in [1.807, 2.05) is 0 Å². The summed E-state index contributed by atoms with van der Waals surface area (Å²) in [4.78, 5) is 11.5. The van der Waals surface area contributed by atoms with Crippen molar-refractivity contribution in [2.45, 2.75) is 32.5 Å².